The number of aromatic nitrogens is 2. The molecule has 0 unspecified atom stereocenters. The topological polar surface area (TPSA) is 57.8 Å². The molecule has 1 aromatic carbocycles. The lowest BCUT2D eigenvalue weighted by atomic mass is 10.3. The second kappa shape index (κ2) is 6.43. The van der Waals surface area contributed by atoms with Crippen LogP contribution in [0.4, 0.5) is 13.2 Å². The molecule has 4 nitrogen and oxygen atoms in total. The first-order valence-electron chi connectivity index (χ1n) is 6.38. The van der Waals surface area contributed by atoms with E-state index >= 15 is 0 Å². The molecule has 0 saturated heterocycles. The van der Waals surface area contributed by atoms with Crippen LogP contribution in [0.15, 0.2) is 29.3 Å². The molecule has 0 spiro atoms. The number of nitrogens with one attached hydrogen (secondary N) is 2. The Morgan fingerprint density at radius 1 is 1.41 bits per heavy atom. The van der Waals surface area contributed by atoms with E-state index in [1.807, 2.05) is 0 Å². The molecule has 0 aliphatic rings. The van der Waals surface area contributed by atoms with E-state index in [0.717, 1.165) is 17.3 Å². The molecule has 2 N–H and O–H groups in total. The van der Waals surface area contributed by atoms with Crippen LogP contribution in [-0.2, 0) is 4.79 Å². The monoisotopic (exact) mass is 329 g/mol. The molecule has 118 valence electrons. The van der Waals surface area contributed by atoms with E-state index in [-0.39, 0.29) is 5.91 Å². The zero-order valence-electron chi connectivity index (χ0n) is 11.9. The van der Waals surface area contributed by atoms with Crippen LogP contribution >= 0.6 is 11.8 Å². The summed E-state index contributed by atoms with van der Waals surface area (Å²) in [4.78, 5) is 18.8. The highest BCUT2D eigenvalue weighted by molar-refractivity contribution is 7.99. The summed E-state index contributed by atoms with van der Waals surface area (Å²) in [5.74, 6) is -0.566. The summed E-state index contributed by atoms with van der Waals surface area (Å²) in [5, 5.41) is 2.55. The largest absolute Gasteiger partial charge is 0.398 e. The molecular formula is C14H14F3N3OS. The standard InChI is InChI=1S/C14H14F3N3OS/c1-8(6-18-9(2)21)13-19-11-4-3-10(5-12(11)20-13)22-7-14(15,16)17/h3-6H,7H2,1-2H3,(H,18,21)(H,19,20)/b8-6+. The van der Waals surface area contributed by atoms with E-state index in [2.05, 4.69) is 15.3 Å². The molecule has 1 aromatic heterocycles. The number of amides is 1. The Labute approximate surface area is 129 Å². The molecule has 22 heavy (non-hydrogen) atoms. The minimum absolute atomic E-state index is 0.193. The van der Waals surface area contributed by atoms with Crippen molar-refractivity contribution in [3.05, 3.63) is 30.2 Å². The van der Waals surface area contributed by atoms with Gasteiger partial charge in [-0.15, -0.1) is 11.8 Å². The van der Waals surface area contributed by atoms with Crippen LogP contribution in [0, 0.1) is 0 Å². The number of fused-ring (bicyclic) bond motifs is 1. The molecule has 0 aliphatic carbocycles. The number of benzene rings is 1. The smallest absolute Gasteiger partial charge is 0.338 e. The number of alkyl halides is 3. The third-order valence-electron chi connectivity index (χ3n) is 2.72. The van der Waals surface area contributed by atoms with Crippen molar-refractivity contribution in [1.29, 1.82) is 0 Å². The van der Waals surface area contributed by atoms with Gasteiger partial charge in [0.1, 0.15) is 5.82 Å². The predicted octanol–water partition coefficient (Wildman–Crippen LogP) is 3.71. The predicted molar refractivity (Wildman–Crippen MR) is 80.3 cm³/mol. The summed E-state index contributed by atoms with van der Waals surface area (Å²) in [5.41, 5.74) is 2.02. The van der Waals surface area contributed by atoms with E-state index in [9.17, 15) is 18.0 Å². The minimum Gasteiger partial charge on any atom is -0.338 e. The van der Waals surface area contributed by atoms with Gasteiger partial charge in [-0.05, 0) is 25.1 Å². The van der Waals surface area contributed by atoms with Crippen LogP contribution in [0.5, 0.6) is 0 Å². The third-order valence-corrected chi connectivity index (χ3v) is 3.78. The van der Waals surface area contributed by atoms with Gasteiger partial charge >= 0.3 is 6.18 Å². The van der Waals surface area contributed by atoms with Gasteiger partial charge in [0.2, 0.25) is 5.91 Å². The summed E-state index contributed by atoms with van der Waals surface area (Å²) in [7, 11) is 0. The average molecular weight is 329 g/mol. The molecule has 1 amide bonds. The van der Waals surface area contributed by atoms with Crippen molar-refractivity contribution in [3.63, 3.8) is 0 Å². The van der Waals surface area contributed by atoms with Crippen LogP contribution in [0.3, 0.4) is 0 Å². The number of H-pyrrole nitrogens is 1. The third kappa shape index (κ3) is 4.52. The van der Waals surface area contributed by atoms with Crippen LogP contribution < -0.4 is 5.32 Å². The van der Waals surface area contributed by atoms with E-state index in [4.69, 9.17) is 0 Å². The first kappa shape index (κ1) is 16.4. The normalized spacial score (nSPS) is 12.7. The molecule has 0 atom stereocenters. The summed E-state index contributed by atoms with van der Waals surface area (Å²) in [6.45, 7) is 3.17. The molecule has 0 aliphatic heterocycles. The molecule has 1 heterocycles. The molecule has 0 saturated carbocycles. The number of aromatic amines is 1. The highest BCUT2D eigenvalue weighted by atomic mass is 32.2. The Bertz CT molecular complexity index is 722. The zero-order chi connectivity index (χ0) is 16.3. The number of carbonyl (C=O) groups excluding carboxylic acids is 1. The summed E-state index contributed by atoms with van der Waals surface area (Å²) < 4.78 is 36.7. The highest BCUT2D eigenvalue weighted by Crippen LogP contribution is 2.29. The van der Waals surface area contributed by atoms with E-state index in [0.29, 0.717) is 21.8 Å². The quantitative estimate of drug-likeness (QED) is 0.841. The Balaban J connectivity index is 2.20. The number of nitrogens with zero attached hydrogens (tertiary/aromatic N) is 1. The number of rotatable bonds is 4. The Morgan fingerprint density at radius 3 is 2.77 bits per heavy atom. The van der Waals surface area contributed by atoms with Crippen LogP contribution in [0.1, 0.15) is 19.7 Å². The van der Waals surface area contributed by atoms with E-state index in [1.54, 1.807) is 25.1 Å². The Kier molecular flexibility index (Phi) is 4.80. The maximum Gasteiger partial charge on any atom is 0.398 e. The van der Waals surface area contributed by atoms with Crippen molar-refractivity contribution in [2.24, 2.45) is 0 Å². The van der Waals surface area contributed by atoms with E-state index < -0.39 is 11.9 Å². The maximum atomic E-state index is 12.2. The highest BCUT2D eigenvalue weighted by Gasteiger charge is 2.27. The van der Waals surface area contributed by atoms with Gasteiger partial charge in [0.05, 0.1) is 16.8 Å². The van der Waals surface area contributed by atoms with Gasteiger partial charge in [-0.1, -0.05) is 0 Å². The first-order chi connectivity index (χ1) is 10.2. The molecule has 8 heteroatoms. The van der Waals surface area contributed by atoms with Gasteiger partial charge in [0.15, 0.2) is 0 Å². The average Bonchev–Trinajstić information content (AvgIpc) is 2.84. The fourth-order valence-corrected chi connectivity index (χ4v) is 2.40. The van der Waals surface area contributed by atoms with Crippen molar-refractivity contribution in [2.75, 3.05) is 5.75 Å². The fraction of sp³-hybridized carbons (Fsp3) is 0.286. The summed E-state index contributed by atoms with van der Waals surface area (Å²) >= 11 is 0.730. The number of imidazole rings is 1. The number of halogens is 3. The summed E-state index contributed by atoms with van der Waals surface area (Å²) in [6.07, 6.45) is -2.67. The van der Waals surface area contributed by atoms with Gasteiger partial charge in [-0.3, -0.25) is 4.79 Å². The van der Waals surface area contributed by atoms with Crippen molar-refractivity contribution >= 4 is 34.3 Å². The second-order valence-electron chi connectivity index (χ2n) is 4.70. The SMILES string of the molecule is CC(=O)N/C=C(\C)c1nc2ccc(SCC(F)(F)F)cc2[nH]1. The Hall–Kier alpha value is -1.96. The van der Waals surface area contributed by atoms with Gasteiger partial charge in [0, 0.05) is 23.6 Å². The molecular weight excluding hydrogens is 315 g/mol. The van der Waals surface area contributed by atoms with E-state index in [1.165, 1.54) is 13.1 Å². The first-order valence-corrected chi connectivity index (χ1v) is 7.37. The molecule has 0 bridgehead atoms. The maximum absolute atomic E-state index is 12.2. The Morgan fingerprint density at radius 2 is 2.14 bits per heavy atom. The number of carbonyl (C=O) groups is 1. The number of hydrogen-bond acceptors (Lipinski definition) is 3. The van der Waals surface area contributed by atoms with Crippen LogP contribution in [0.2, 0.25) is 0 Å². The molecule has 0 fully saturated rings. The molecule has 2 aromatic rings. The number of hydrogen-bond donors (Lipinski definition) is 2. The number of allylic oxidation sites excluding steroid dienone is 1. The van der Waals surface area contributed by atoms with Gasteiger partial charge in [0.25, 0.3) is 0 Å². The summed E-state index contributed by atoms with van der Waals surface area (Å²) in [6, 6.07) is 4.91. The van der Waals surface area contributed by atoms with Crippen molar-refractivity contribution in [1.82, 2.24) is 15.3 Å². The minimum atomic E-state index is -4.20. The van der Waals surface area contributed by atoms with Gasteiger partial charge in [-0.2, -0.15) is 13.2 Å². The van der Waals surface area contributed by atoms with Crippen LogP contribution in [0.25, 0.3) is 16.6 Å². The van der Waals surface area contributed by atoms with Crippen molar-refractivity contribution in [2.45, 2.75) is 24.9 Å². The van der Waals surface area contributed by atoms with Crippen molar-refractivity contribution in [3.8, 4) is 0 Å². The van der Waals surface area contributed by atoms with Gasteiger partial charge < -0.3 is 10.3 Å². The second-order valence-corrected chi connectivity index (χ2v) is 5.74. The fourth-order valence-electron chi connectivity index (χ4n) is 1.71. The molecule has 0 radical (unpaired) electrons. The lowest BCUT2D eigenvalue weighted by molar-refractivity contribution is -0.118. The van der Waals surface area contributed by atoms with Crippen LogP contribution in [-0.4, -0.2) is 27.8 Å². The molecule has 2 rings (SSSR count). The number of thioether (sulfide) groups is 1. The van der Waals surface area contributed by atoms with Gasteiger partial charge in [-0.25, -0.2) is 4.98 Å². The zero-order valence-corrected chi connectivity index (χ0v) is 12.7. The lowest BCUT2D eigenvalue weighted by Crippen LogP contribution is -2.12. The van der Waals surface area contributed by atoms with Crippen molar-refractivity contribution < 1.29 is 18.0 Å². The lowest BCUT2D eigenvalue weighted by Gasteiger charge is -2.05.